The van der Waals surface area contributed by atoms with Gasteiger partial charge >= 0.3 is 0 Å². The van der Waals surface area contributed by atoms with Gasteiger partial charge in [-0.1, -0.05) is 53.5 Å². The number of carbonyl (C=O) groups excluding carboxylic acids is 1. The van der Waals surface area contributed by atoms with Crippen LogP contribution in [0.5, 0.6) is 0 Å². The first kappa shape index (κ1) is 23.2. The van der Waals surface area contributed by atoms with Gasteiger partial charge in [0.15, 0.2) is 5.13 Å². The highest BCUT2D eigenvalue weighted by molar-refractivity contribution is 7.14. The van der Waals surface area contributed by atoms with Crippen LogP contribution in [0.1, 0.15) is 22.8 Å². The number of halogens is 3. The van der Waals surface area contributed by atoms with E-state index in [9.17, 15) is 9.18 Å². The van der Waals surface area contributed by atoms with Crippen molar-refractivity contribution in [2.24, 2.45) is 0 Å². The fourth-order valence-corrected chi connectivity index (χ4v) is 4.45. The molecule has 4 nitrogen and oxygen atoms in total. The second-order valence-electron chi connectivity index (χ2n) is 7.24. The zero-order valence-electron chi connectivity index (χ0n) is 17.7. The smallest absolute Gasteiger partial charge is 0.251 e. The highest BCUT2D eigenvalue weighted by Gasteiger charge is 2.18. The molecular formula is C25H20Cl2FN3OS. The predicted molar refractivity (Wildman–Crippen MR) is 134 cm³/mol. The molecule has 0 radical (unpaired) electrons. The normalized spacial score (nSPS) is 10.8. The number of nitrogens with zero attached hydrogens (tertiary/aromatic N) is 2. The fourth-order valence-electron chi connectivity index (χ4n) is 3.31. The summed E-state index contributed by atoms with van der Waals surface area (Å²) in [6.07, 6.45) is 0. The molecule has 3 aromatic carbocycles. The van der Waals surface area contributed by atoms with Crippen molar-refractivity contribution >= 4 is 51.3 Å². The number of thiazole rings is 1. The van der Waals surface area contributed by atoms with E-state index in [4.69, 9.17) is 28.2 Å². The Bertz CT molecular complexity index is 1280. The minimum Gasteiger partial charge on any atom is -0.352 e. The summed E-state index contributed by atoms with van der Waals surface area (Å²) >= 11 is 13.6. The lowest BCUT2D eigenvalue weighted by Gasteiger charge is -2.23. The van der Waals surface area contributed by atoms with Crippen molar-refractivity contribution in [2.75, 3.05) is 11.4 Å². The summed E-state index contributed by atoms with van der Waals surface area (Å²) in [6.45, 7) is 2.82. The maximum atomic E-state index is 14.8. The Labute approximate surface area is 205 Å². The predicted octanol–water partition coefficient (Wildman–Crippen LogP) is 7.34. The number of hydrogen-bond donors (Lipinski definition) is 1. The van der Waals surface area contributed by atoms with Crippen molar-refractivity contribution in [2.45, 2.75) is 13.5 Å². The van der Waals surface area contributed by atoms with Crippen LogP contribution in [-0.2, 0) is 6.54 Å². The molecule has 4 rings (SSSR count). The second-order valence-corrected chi connectivity index (χ2v) is 8.89. The van der Waals surface area contributed by atoms with Crippen LogP contribution in [-0.4, -0.2) is 17.4 Å². The van der Waals surface area contributed by atoms with Gasteiger partial charge in [-0.25, -0.2) is 9.37 Å². The molecule has 4 aromatic rings. The molecule has 0 aliphatic rings. The Morgan fingerprint density at radius 1 is 1.06 bits per heavy atom. The molecule has 0 aliphatic heterocycles. The van der Waals surface area contributed by atoms with Crippen LogP contribution in [0.25, 0.3) is 11.3 Å². The lowest BCUT2D eigenvalue weighted by Crippen LogP contribution is -2.22. The molecule has 1 heterocycles. The number of para-hydroxylation sites is 1. The number of hydrogen-bond acceptors (Lipinski definition) is 4. The van der Waals surface area contributed by atoms with Crippen LogP contribution in [0, 0.1) is 5.82 Å². The van der Waals surface area contributed by atoms with Crippen molar-refractivity contribution in [1.29, 1.82) is 0 Å². The van der Waals surface area contributed by atoms with E-state index in [-0.39, 0.29) is 11.7 Å². The van der Waals surface area contributed by atoms with Gasteiger partial charge in [0.25, 0.3) is 5.91 Å². The lowest BCUT2D eigenvalue weighted by atomic mass is 10.1. The molecule has 1 amide bonds. The van der Waals surface area contributed by atoms with Crippen molar-refractivity contribution in [1.82, 2.24) is 10.3 Å². The van der Waals surface area contributed by atoms with E-state index < -0.39 is 0 Å². The van der Waals surface area contributed by atoms with Crippen LogP contribution in [0.4, 0.5) is 15.2 Å². The van der Waals surface area contributed by atoms with E-state index in [0.29, 0.717) is 39.5 Å². The molecular weight excluding hydrogens is 480 g/mol. The number of aromatic nitrogens is 1. The Balaban J connectivity index is 1.67. The maximum Gasteiger partial charge on any atom is 0.251 e. The number of rotatable bonds is 7. The summed E-state index contributed by atoms with van der Waals surface area (Å²) < 4.78 is 14.8. The summed E-state index contributed by atoms with van der Waals surface area (Å²) in [5.74, 6) is -0.469. The number of amides is 1. The third kappa shape index (κ3) is 5.36. The lowest BCUT2D eigenvalue weighted by molar-refractivity contribution is 0.0956. The molecule has 33 heavy (non-hydrogen) atoms. The first-order chi connectivity index (χ1) is 16.0. The van der Waals surface area contributed by atoms with Crippen molar-refractivity contribution < 1.29 is 9.18 Å². The van der Waals surface area contributed by atoms with Gasteiger partial charge in [0.1, 0.15) is 5.82 Å². The van der Waals surface area contributed by atoms with E-state index in [0.717, 1.165) is 16.8 Å². The Morgan fingerprint density at radius 3 is 2.52 bits per heavy atom. The molecule has 1 N–H and O–H groups in total. The highest BCUT2D eigenvalue weighted by Crippen LogP contribution is 2.36. The average Bonchev–Trinajstić information content (AvgIpc) is 3.30. The van der Waals surface area contributed by atoms with Crippen molar-refractivity contribution in [3.05, 3.63) is 99.1 Å². The monoisotopic (exact) mass is 499 g/mol. The number of carbonyl (C=O) groups is 1. The number of anilines is 2. The molecule has 8 heteroatoms. The topological polar surface area (TPSA) is 45.2 Å². The summed E-state index contributed by atoms with van der Waals surface area (Å²) in [7, 11) is 0. The molecule has 0 saturated heterocycles. The summed E-state index contributed by atoms with van der Waals surface area (Å²) in [4.78, 5) is 18.6. The standard InChI is InChI=1S/C25H20Cl2FN3OS/c1-2-29-24(32)17-9-7-16(8-10-17)14-31(23-6-4-3-5-21(23)28)25-30-22(15-33-25)18-11-12-19(26)20(27)13-18/h3-13,15H,2,14H2,1H3,(H,29,32). The largest absolute Gasteiger partial charge is 0.352 e. The Hall–Kier alpha value is -2.93. The SMILES string of the molecule is CCNC(=O)c1ccc(CN(c2nc(-c3ccc(Cl)c(Cl)c3)cs2)c2ccccc2F)cc1. The quantitative estimate of drug-likeness (QED) is 0.289. The molecule has 1 aromatic heterocycles. The minimum atomic E-state index is -0.345. The number of benzene rings is 3. The molecule has 0 aliphatic carbocycles. The molecule has 0 bridgehead atoms. The minimum absolute atomic E-state index is 0.124. The van der Waals surface area contributed by atoms with Gasteiger partial charge in [-0.15, -0.1) is 11.3 Å². The highest BCUT2D eigenvalue weighted by atomic mass is 35.5. The van der Waals surface area contributed by atoms with Gasteiger partial charge < -0.3 is 10.2 Å². The third-order valence-electron chi connectivity index (χ3n) is 4.98. The maximum absolute atomic E-state index is 14.8. The van der Waals surface area contributed by atoms with Gasteiger partial charge in [-0.2, -0.15) is 0 Å². The summed E-state index contributed by atoms with van der Waals surface area (Å²) in [6, 6.07) is 19.2. The average molecular weight is 500 g/mol. The van der Waals surface area contributed by atoms with E-state index >= 15 is 0 Å². The molecule has 0 fully saturated rings. The molecule has 0 spiro atoms. The Kier molecular flexibility index (Phi) is 7.28. The van der Waals surface area contributed by atoms with Crippen LogP contribution in [0.2, 0.25) is 10.0 Å². The van der Waals surface area contributed by atoms with E-state index in [1.165, 1.54) is 17.4 Å². The first-order valence-electron chi connectivity index (χ1n) is 10.3. The molecule has 168 valence electrons. The molecule has 0 unspecified atom stereocenters. The van der Waals surface area contributed by atoms with E-state index in [1.54, 1.807) is 42.5 Å². The van der Waals surface area contributed by atoms with Crippen molar-refractivity contribution in [3.8, 4) is 11.3 Å². The third-order valence-corrected chi connectivity index (χ3v) is 6.58. The zero-order valence-corrected chi connectivity index (χ0v) is 20.0. The van der Waals surface area contributed by atoms with E-state index in [2.05, 4.69) is 5.32 Å². The summed E-state index contributed by atoms with van der Waals surface area (Å²) in [5.41, 5.74) is 3.46. The summed E-state index contributed by atoms with van der Waals surface area (Å²) in [5, 5.41) is 6.24. The van der Waals surface area contributed by atoms with Gasteiger partial charge in [0.05, 0.1) is 28.0 Å². The van der Waals surface area contributed by atoms with Gasteiger partial charge in [0, 0.05) is 23.1 Å². The van der Waals surface area contributed by atoms with Crippen LogP contribution in [0.3, 0.4) is 0 Å². The van der Waals surface area contributed by atoms with Crippen LogP contribution >= 0.6 is 34.5 Å². The van der Waals surface area contributed by atoms with E-state index in [1.807, 2.05) is 35.4 Å². The van der Waals surface area contributed by atoms with Gasteiger partial charge in [0.2, 0.25) is 0 Å². The second kappa shape index (κ2) is 10.3. The molecule has 0 atom stereocenters. The fraction of sp³-hybridized carbons (Fsp3) is 0.120. The first-order valence-corrected chi connectivity index (χ1v) is 11.9. The van der Waals surface area contributed by atoms with Gasteiger partial charge in [-0.3, -0.25) is 4.79 Å². The number of nitrogens with one attached hydrogen (secondary N) is 1. The van der Waals surface area contributed by atoms with Crippen LogP contribution in [0.15, 0.2) is 72.1 Å². The van der Waals surface area contributed by atoms with Crippen molar-refractivity contribution in [3.63, 3.8) is 0 Å². The Morgan fingerprint density at radius 2 is 1.82 bits per heavy atom. The molecule has 0 saturated carbocycles. The van der Waals surface area contributed by atoms with Gasteiger partial charge in [-0.05, 0) is 48.9 Å². The zero-order chi connectivity index (χ0) is 23.4. The van der Waals surface area contributed by atoms with Crippen LogP contribution < -0.4 is 10.2 Å².